The van der Waals surface area contributed by atoms with Crippen LogP contribution in [0.2, 0.25) is 0 Å². The Hall–Kier alpha value is -1.36. The van der Waals surface area contributed by atoms with Crippen molar-refractivity contribution in [2.24, 2.45) is 0 Å². The monoisotopic (exact) mass is 270 g/mol. The molecule has 2 aromatic rings. The van der Waals surface area contributed by atoms with Gasteiger partial charge in [-0.2, -0.15) is 0 Å². The lowest BCUT2D eigenvalue weighted by Crippen LogP contribution is -2.00. The van der Waals surface area contributed by atoms with Gasteiger partial charge in [-0.3, -0.25) is 0 Å². The van der Waals surface area contributed by atoms with Crippen molar-refractivity contribution in [2.75, 3.05) is 5.32 Å². The highest BCUT2D eigenvalue weighted by atomic mass is 79.9. The van der Waals surface area contributed by atoms with Crippen LogP contribution >= 0.6 is 15.9 Å². The van der Waals surface area contributed by atoms with Crippen LogP contribution in [0.4, 0.5) is 10.1 Å². The van der Waals surface area contributed by atoms with E-state index >= 15 is 0 Å². The molecule has 2 rings (SSSR count). The molecule has 0 radical (unpaired) electrons. The van der Waals surface area contributed by atoms with Crippen molar-refractivity contribution in [3.05, 3.63) is 46.8 Å². The molecule has 3 nitrogen and oxygen atoms in total. The molecule has 0 bridgehead atoms. The Balaban J connectivity index is 2.05. The van der Waals surface area contributed by atoms with E-state index in [0.717, 1.165) is 0 Å². The minimum absolute atomic E-state index is 0.302. The predicted molar refractivity (Wildman–Crippen MR) is 57.9 cm³/mol. The molecule has 1 N–H and O–H groups in total. The third-order valence-corrected chi connectivity index (χ3v) is 2.36. The number of hydrogen-bond acceptors (Lipinski definition) is 3. The molecule has 0 unspecified atom stereocenters. The van der Waals surface area contributed by atoms with Crippen LogP contribution in [0, 0.1) is 5.82 Å². The van der Waals surface area contributed by atoms with Crippen molar-refractivity contribution in [1.29, 1.82) is 0 Å². The van der Waals surface area contributed by atoms with Crippen LogP contribution in [-0.2, 0) is 6.54 Å². The quantitative estimate of drug-likeness (QED) is 0.931. The van der Waals surface area contributed by atoms with Crippen molar-refractivity contribution in [3.63, 3.8) is 0 Å². The normalized spacial score (nSPS) is 10.3. The average molecular weight is 271 g/mol. The lowest BCUT2D eigenvalue weighted by molar-refractivity contribution is 0.511. The number of aromatic nitrogens is 1. The van der Waals surface area contributed by atoms with Crippen molar-refractivity contribution in [1.82, 2.24) is 4.98 Å². The summed E-state index contributed by atoms with van der Waals surface area (Å²) in [7, 11) is 0. The number of nitrogens with zero attached hydrogens (tertiary/aromatic N) is 1. The second-order valence-corrected chi connectivity index (χ2v) is 3.86. The first kappa shape index (κ1) is 10.2. The summed E-state index contributed by atoms with van der Waals surface area (Å²) in [5.74, 6) is 0.362. The molecule has 1 aromatic heterocycles. The predicted octanol–water partition coefficient (Wildman–Crippen LogP) is 3.19. The number of rotatable bonds is 3. The fourth-order valence-electron chi connectivity index (χ4n) is 1.14. The van der Waals surface area contributed by atoms with Crippen LogP contribution in [0.25, 0.3) is 0 Å². The summed E-state index contributed by atoms with van der Waals surface area (Å²) >= 11 is 3.19. The standard InChI is InChI=1S/C10H8BrFN2O/c11-7-1-2-10(9(12)3-7)14-5-8-4-13-6-15-8/h1-4,6,14H,5H2. The third kappa shape index (κ3) is 2.56. The molecular weight excluding hydrogens is 263 g/mol. The number of benzene rings is 1. The fourth-order valence-corrected chi connectivity index (χ4v) is 1.48. The third-order valence-electron chi connectivity index (χ3n) is 1.87. The zero-order valence-electron chi connectivity index (χ0n) is 7.71. The summed E-state index contributed by atoms with van der Waals surface area (Å²) in [5, 5.41) is 2.91. The molecule has 0 amide bonds. The number of oxazole rings is 1. The maximum atomic E-state index is 13.3. The molecular formula is C10H8BrFN2O. The lowest BCUT2D eigenvalue weighted by Gasteiger charge is -2.05. The Morgan fingerprint density at radius 3 is 3.00 bits per heavy atom. The summed E-state index contributed by atoms with van der Waals surface area (Å²) in [6, 6.07) is 4.84. The van der Waals surface area contributed by atoms with Gasteiger partial charge in [0.25, 0.3) is 0 Å². The average Bonchev–Trinajstić information content (AvgIpc) is 2.69. The minimum Gasteiger partial charge on any atom is -0.447 e. The molecule has 1 aromatic carbocycles. The molecule has 78 valence electrons. The first-order chi connectivity index (χ1) is 7.25. The second-order valence-electron chi connectivity index (χ2n) is 2.95. The maximum Gasteiger partial charge on any atom is 0.180 e. The Kier molecular flexibility index (Phi) is 3.01. The molecule has 5 heteroatoms. The van der Waals surface area contributed by atoms with E-state index in [2.05, 4.69) is 26.2 Å². The van der Waals surface area contributed by atoms with E-state index in [1.165, 1.54) is 12.5 Å². The van der Waals surface area contributed by atoms with Gasteiger partial charge < -0.3 is 9.73 Å². The van der Waals surface area contributed by atoms with Gasteiger partial charge in [0.15, 0.2) is 6.39 Å². The SMILES string of the molecule is Fc1cc(Br)ccc1NCc1cnco1. The fraction of sp³-hybridized carbons (Fsp3) is 0.100. The molecule has 0 spiro atoms. The molecule has 0 aliphatic rings. The molecule has 0 saturated carbocycles. The second kappa shape index (κ2) is 4.44. The molecule has 0 aliphatic heterocycles. The zero-order chi connectivity index (χ0) is 10.7. The van der Waals surface area contributed by atoms with E-state index in [1.807, 2.05) is 0 Å². The van der Waals surface area contributed by atoms with E-state index in [0.29, 0.717) is 22.5 Å². The van der Waals surface area contributed by atoms with Gasteiger partial charge >= 0.3 is 0 Å². The number of hydrogen-bond donors (Lipinski definition) is 1. The topological polar surface area (TPSA) is 38.1 Å². The van der Waals surface area contributed by atoms with Gasteiger partial charge in [0, 0.05) is 4.47 Å². The van der Waals surface area contributed by atoms with Crippen LogP contribution in [-0.4, -0.2) is 4.98 Å². The molecule has 15 heavy (non-hydrogen) atoms. The lowest BCUT2D eigenvalue weighted by atomic mass is 10.3. The van der Waals surface area contributed by atoms with E-state index in [4.69, 9.17) is 4.42 Å². The highest BCUT2D eigenvalue weighted by molar-refractivity contribution is 9.10. The summed E-state index contributed by atoms with van der Waals surface area (Å²) in [4.78, 5) is 3.76. The van der Waals surface area contributed by atoms with Crippen LogP contribution in [0.1, 0.15) is 5.76 Å². The zero-order valence-corrected chi connectivity index (χ0v) is 9.29. The van der Waals surface area contributed by atoms with Gasteiger partial charge in [0.05, 0.1) is 18.4 Å². The molecule has 0 atom stereocenters. The Labute approximate surface area is 94.5 Å². The summed E-state index contributed by atoms with van der Waals surface area (Å²) in [5.41, 5.74) is 0.439. The molecule has 0 saturated heterocycles. The highest BCUT2D eigenvalue weighted by Gasteiger charge is 2.03. The Morgan fingerprint density at radius 1 is 1.47 bits per heavy atom. The molecule has 0 aliphatic carbocycles. The van der Waals surface area contributed by atoms with E-state index in [-0.39, 0.29) is 5.82 Å². The maximum absolute atomic E-state index is 13.3. The van der Waals surface area contributed by atoms with E-state index in [9.17, 15) is 4.39 Å². The first-order valence-electron chi connectivity index (χ1n) is 4.32. The molecule has 0 fully saturated rings. The first-order valence-corrected chi connectivity index (χ1v) is 5.11. The highest BCUT2D eigenvalue weighted by Crippen LogP contribution is 2.19. The van der Waals surface area contributed by atoms with Crippen LogP contribution < -0.4 is 5.32 Å². The van der Waals surface area contributed by atoms with Gasteiger partial charge in [0.2, 0.25) is 0 Å². The van der Waals surface area contributed by atoms with Gasteiger partial charge in [0.1, 0.15) is 11.6 Å². The van der Waals surface area contributed by atoms with Crippen molar-refractivity contribution in [2.45, 2.75) is 6.54 Å². The number of anilines is 1. The smallest absolute Gasteiger partial charge is 0.180 e. The van der Waals surface area contributed by atoms with Gasteiger partial charge in [-0.25, -0.2) is 9.37 Å². The Bertz CT molecular complexity index is 445. The van der Waals surface area contributed by atoms with Crippen LogP contribution in [0.15, 0.2) is 39.7 Å². The minimum atomic E-state index is -0.302. The largest absolute Gasteiger partial charge is 0.447 e. The van der Waals surface area contributed by atoms with Crippen molar-refractivity contribution < 1.29 is 8.81 Å². The van der Waals surface area contributed by atoms with Crippen LogP contribution in [0.3, 0.4) is 0 Å². The van der Waals surface area contributed by atoms with Crippen molar-refractivity contribution >= 4 is 21.6 Å². The van der Waals surface area contributed by atoms with Crippen molar-refractivity contribution in [3.8, 4) is 0 Å². The summed E-state index contributed by atoms with van der Waals surface area (Å²) in [6.07, 6.45) is 2.93. The van der Waals surface area contributed by atoms with Crippen LogP contribution in [0.5, 0.6) is 0 Å². The van der Waals surface area contributed by atoms with Gasteiger partial charge in [-0.05, 0) is 18.2 Å². The number of nitrogens with one attached hydrogen (secondary N) is 1. The van der Waals surface area contributed by atoms with Gasteiger partial charge in [-0.15, -0.1) is 0 Å². The van der Waals surface area contributed by atoms with E-state index < -0.39 is 0 Å². The Morgan fingerprint density at radius 2 is 2.33 bits per heavy atom. The summed E-state index contributed by atoms with van der Waals surface area (Å²) < 4.78 is 19.1. The van der Waals surface area contributed by atoms with Gasteiger partial charge in [-0.1, -0.05) is 15.9 Å². The van der Waals surface area contributed by atoms with E-state index in [1.54, 1.807) is 18.3 Å². The summed E-state index contributed by atoms with van der Waals surface area (Å²) in [6.45, 7) is 0.415. The molecule has 1 heterocycles. The number of halogens is 2.